The summed E-state index contributed by atoms with van der Waals surface area (Å²) in [6, 6.07) is 0. The monoisotopic (exact) mass is 270 g/mol. The van der Waals surface area contributed by atoms with Gasteiger partial charge in [0.05, 0.1) is 11.1 Å². The smallest absolute Gasteiger partial charge is 0.477 e. The van der Waals surface area contributed by atoms with Crippen molar-refractivity contribution in [3.8, 4) is 5.88 Å². The number of carboxylic acids is 1. The number of carboxylic acid groups (broad SMARTS) is 1. The van der Waals surface area contributed by atoms with Crippen molar-refractivity contribution in [3.05, 3.63) is 27.7 Å². The largest absolute Gasteiger partial charge is 0.574 e. The Labute approximate surface area is 94.8 Å². The molecule has 0 saturated heterocycles. The first-order valence-electron chi connectivity index (χ1n) is 3.95. The average Bonchev–Trinajstić information content (AvgIpc) is 2.17. The quantitative estimate of drug-likeness (QED) is 0.509. The summed E-state index contributed by atoms with van der Waals surface area (Å²) < 4.78 is 51.8. The van der Waals surface area contributed by atoms with Crippen LogP contribution in [0.25, 0.3) is 0 Å². The number of aromatic nitrogens is 1. The van der Waals surface area contributed by atoms with Gasteiger partial charge in [0.15, 0.2) is 5.56 Å². The first-order chi connectivity index (χ1) is 8.13. The summed E-state index contributed by atoms with van der Waals surface area (Å²) in [7, 11) is 0. The molecule has 98 valence electrons. The molecule has 0 amide bonds. The van der Waals surface area contributed by atoms with Crippen LogP contribution in [0.2, 0.25) is 0 Å². The van der Waals surface area contributed by atoms with E-state index < -0.39 is 40.2 Å². The highest BCUT2D eigenvalue weighted by Gasteiger charge is 2.37. The van der Waals surface area contributed by atoms with Crippen molar-refractivity contribution in [2.24, 2.45) is 0 Å². The number of halogens is 4. The zero-order valence-electron chi connectivity index (χ0n) is 8.06. The molecular weight excluding hydrogens is 268 g/mol. The third kappa shape index (κ3) is 2.81. The van der Waals surface area contributed by atoms with E-state index >= 15 is 0 Å². The van der Waals surface area contributed by atoms with E-state index in [9.17, 15) is 32.5 Å². The average molecular weight is 270 g/mol. The number of rotatable bonds is 3. The van der Waals surface area contributed by atoms with Crippen LogP contribution in [0.3, 0.4) is 0 Å². The predicted octanol–water partition coefficient (Wildman–Crippen LogP) is 1.73. The Bertz CT molecular complexity index is 515. The first kappa shape index (κ1) is 13.6. The maximum Gasteiger partial charge on any atom is 0.574 e. The third-order valence-electron chi connectivity index (χ3n) is 1.59. The summed E-state index contributed by atoms with van der Waals surface area (Å²) in [6.45, 7) is 0. The van der Waals surface area contributed by atoms with Gasteiger partial charge >= 0.3 is 18.0 Å². The van der Waals surface area contributed by atoms with Crippen molar-refractivity contribution < 1.29 is 37.1 Å². The summed E-state index contributed by atoms with van der Waals surface area (Å²) in [4.78, 5) is 22.1. The fourth-order valence-corrected chi connectivity index (χ4v) is 0.976. The lowest BCUT2D eigenvalue weighted by Crippen LogP contribution is -2.20. The molecule has 11 heteroatoms. The molecule has 0 bridgehead atoms. The topological polar surface area (TPSA) is 103 Å². The minimum absolute atomic E-state index is 0.199. The Hall–Kier alpha value is -2.46. The van der Waals surface area contributed by atoms with Gasteiger partial charge in [-0.3, -0.25) is 10.1 Å². The summed E-state index contributed by atoms with van der Waals surface area (Å²) in [5.41, 5.74) is -2.84. The summed E-state index contributed by atoms with van der Waals surface area (Å²) in [5, 5.41) is 18.9. The van der Waals surface area contributed by atoms with Gasteiger partial charge in [-0.25, -0.2) is 9.78 Å². The van der Waals surface area contributed by atoms with E-state index in [1.165, 1.54) is 0 Å². The Balaban J connectivity index is 3.40. The molecule has 1 N–H and O–H groups in total. The highest BCUT2D eigenvalue weighted by atomic mass is 19.4. The summed E-state index contributed by atoms with van der Waals surface area (Å²) in [5.74, 6) is -5.75. The van der Waals surface area contributed by atoms with Gasteiger partial charge < -0.3 is 9.84 Å². The van der Waals surface area contributed by atoms with Crippen LogP contribution in [0.5, 0.6) is 5.88 Å². The molecule has 0 aliphatic carbocycles. The van der Waals surface area contributed by atoms with Crippen molar-refractivity contribution in [3.63, 3.8) is 0 Å². The molecule has 0 aliphatic heterocycles. The highest BCUT2D eigenvalue weighted by molar-refractivity contribution is 5.92. The Morgan fingerprint density at radius 3 is 2.44 bits per heavy atom. The second-order valence-electron chi connectivity index (χ2n) is 2.75. The van der Waals surface area contributed by atoms with E-state index in [2.05, 4.69) is 9.72 Å². The lowest BCUT2D eigenvalue weighted by Gasteiger charge is -2.08. The third-order valence-corrected chi connectivity index (χ3v) is 1.59. The van der Waals surface area contributed by atoms with Crippen molar-refractivity contribution in [1.29, 1.82) is 0 Å². The van der Waals surface area contributed by atoms with Crippen LogP contribution in [0, 0.1) is 15.9 Å². The van der Waals surface area contributed by atoms with Gasteiger partial charge in [-0.1, -0.05) is 0 Å². The first-order valence-corrected chi connectivity index (χ1v) is 3.95. The number of aromatic carboxylic acids is 1. The SMILES string of the molecule is O=C(O)c1cnc(OC(F)(F)F)c(F)c1[N+](=O)[O-]. The molecule has 0 fully saturated rings. The van der Waals surface area contributed by atoms with E-state index in [0.29, 0.717) is 0 Å². The zero-order chi connectivity index (χ0) is 14.1. The molecular formula is C7H2F4N2O5. The molecule has 1 rings (SSSR count). The van der Waals surface area contributed by atoms with E-state index in [4.69, 9.17) is 5.11 Å². The maximum atomic E-state index is 13.3. The molecule has 0 spiro atoms. The van der Waals surface area contributed by atoms with Crippen molar-refractivity contribution in [1.82, 2.24) is 4.98 Å². The highest BCUT2D eigenvalue weighted by Crippen LogP contribution is 2.31. The molecule has 7 nitrogen and oxygen atoms in total. The van der Waals surface area contributed by atoms with Crippen LogP contribution < -0.4 is 4.74 Å². The van der Waals surface area contributed by atoms with Gasteiger partial charge in [0.2, 0.25) is 0 Å². The van der Waals surface area contributed by atoms with E-state index in [1.54, 1.807) is 0 Å². The van der Waals surface area contributed by atoms with Crippen LogP contribution in [0.1, 0.15) is 10.4 Å². The zero-order valence-corrected chi connectivity index (χ0v) is 8.06. The molecule has 0 unspecified atom stereocenters. The molecule has 0 radical (unpaired) electrons. The molecule has 0 saturated carbocycles. The molecule has 1 aromatic rings. The van der Waals surface area contributed by atoms with Crippen LogP contribution >= 0.6 is 0 Å². The van der Waals surface area contributed by atoms with Crippen LogP contribution in [0.15, 0.2) is 6.20 Å². The van der Waals surface area contributed by atoms with Crippen LogP contribution in [-0.2, 0) is 0 Å². The fraction of sp³-hybridized carbons (Fsp3) is 0.143. The van der Waals surface area contributed by atoms with Crippen molar-refractivity contribution >= 4 is 11.7 Å². The Morgan fingerprint density at radius 1 is 1.50 bits per heavy atom. The predicted molar refractivity (Wildman–Crippen MR) is 44.5 cm³/mol. The van der Waals surface area contributed by atoms with Gasteiger partial charge in [0.1, 0.15) is 0 Å². The summed E-state index contributed by atoms with van der Waals surface area (Å²) >= 11 is 0. The Kier molecular flexibility index (Phi) is 3.35. The fourth-order valence-electron chi connectivity index (χ4n) is 0.976. The van der Waals surface area contributed by atoms with Gasteiger partial charge in [-0.05, 0) is 0 Å². The molecule has 1 heterocycles. The number of nitrogens with zero attached hydrogens (tertiary/aromatic N) is 2. The molecule has 0 aliphatic rings. The minimum atomic E-state index is -5.31. The second kappa shape index (κ2) is 4.43. The van der Waals surface area contributed by atoms with Gasteiger partial charge in [-0.15, -0.1) is 13.2 Å². The Morgan fingerprint density at radius 2 is 2.06 bits per heavy atom. The molecule has 0 aromatic carbocycles. The summed E-state index contributed by atoms with van der Waals surface area (Å²) in [6.07, 6.45) is -5.11. The van der Waals surface area contributed by atoms with E-state index in [1.807, 2.05) is 0 Å². The maximum absolute atomic E-state index is 13.3. The number of hydrogen-bond donors (Lipinski definition) is 1. The van der Waals surface area contributed by atoms with Gasteiger partial charge in [0, 0.05) is 0 Å². The second-order valence-corrected chi connectivity index (χ2v) is 2.75. The number of alkyl halides is 3. The molecule has 0 atom stereocenters. The van der Waals surface area contributed by atoms with E-state index in [-0.39, 0.29) is 6.20 Å². The number of pyridine rings is 1. The molecule has 1 aromatic heterocycles. The van der Waals surface area contributed by atoms with Gasteiger partial charge in [-0.2, -0.15) is 4.39 Å². The van der Waals surface area contributed by atoms with Crippen LogP contribution in [-0.4, -0.2) is 27.3 Å². The number of carbonyl (C=O) groups is 1. The number of nitro groups is 1. The minimum Gasteiger partial charge on any atom is -0.477 e. The lowest BCUT2D eigenvalue weighted by atomic mass is 10.2. The van der Waals surface area contributed by atoms with Gasteiger partial charge in [0.25, 0.3) is 11.7 Å². The molecule has 18 heavy (non-hydrogen) atoms. The number of ether oxygens (including phenoxy) is 1. The van der Waals surface area contributed by atoms with Crippen LogP contribution in [0.4, 0.5) is 23.2 Å². The normalized spacial score (nSPS) is 11.1. The lowest BCUT2D eigenvalue weighted by molar-refractivity contribution is -0.388. The van der Waals surface area contributed by atoms with Crippen molar-refractivity contribution in [2.75, 3.05) is 0 Å². The standard InChI is InChI=1S/C7H2F4N2O5/c8-3-4(13(16)17)2(6(14)15)1-12-5(3)18-7(9,10)11/h1H,(H,14,15). The number of hydrogen-bond acceptors (Lipinski definition) is 5. The van der Waals surface area contributed by atoms with Crippen molar-refractivity contribution in [2.45, 2.75) is 6.36 Å². The van der Waals surface area contributed by atoms with E-state index in [0.717, 1.165) is 0 Å².